The van der Waals surface area contributed by atoms with E-state index in [2.05, 4.69) is 40.2 Å². The highest BCUT2D eigenvalue weighted by Crippen LogP contribution is 2.32. The van der Waals surface area contributed by atoms with Crippen molar-refractivity contribution >= 4 is 66.5 Å². The van der Waals surface area contributed by atoms with Crippen LogP contribution in [0.25, 0.3) is 16.5 Å². The topological polar surface area (TPSA) is 90.3 Å². The quantitative estimate of drug-likeness (QED) is 0.269. The van der Waals surface area contributed by atoms with Crippen LogP contribution in [0, 0.1) is 0 Å². The first-order valence-electron chi connectivity index (χ1n) is 10.8. The maximum Gasteiger partial charge on any atom is 0.359 e. The highest BCUT2D eigenvalue weighted by molar-refractivity contribution is 9.10. The molecule has 0 fully saturated rings. The number of hydrogen-bond donors (Lipinski definition) is 1. The van der Waals surface area contributed by atoms with Gasteiger partial charge in [-0.1, -0.05) is 53.5 Å². The number of anilines is 1. The molecule has 4 rings (SSSR count). The van der Waals surface area contributed by atoms with Gasteiger partial charge in [-0.3, -0.25) is 9.59 Å². The normalized spacial score (nSPS) is 11.1. The Bertz CT molecular complexity index is 1500. The zero-order chi connectivity index (χ0) is 25.3. The minimum absolute atomic E-state index is 0.00776. The average molecular weight is 575 g/mol. The van der Waals surface area contributed by atoms with Gasteiger partial charge in [0, 0.05) is 15.2 Å². The summed E-state index contributed by atoms with van der Waals surface area (Å²) in [6.45, 7) is 5.99. The molecule has 0 saturated heterocycles. The molecule has 0 spiro atoms. The third-order valence-corrected chi connectivity index (χ3v) is 7.04. The van der Waals surface area contributed by atoms with Crippen LogP contribution in [-0.2, 0) is 4.74 Å². The smallest absolute Gasteiger partial charge is 0.359 e. The minimum atomic E-state index is -0.657. The van der Waals surface area contributed by atoms with Gasteiger partial charge in [-0.25, -0.2) is 4.79 Å². The summed E-state index contributed by atoms with van der Waals surface area (Å²) in [5.74, 6) is -0.826. The minimum Gasteiger partial charge on any atom is -0.461 e. The Morgan fingerprint density at radius 2 is 1.91 bits per heavy atom. The molecule has 7 nitrogen and oxygen atoms in total. The zero-order valence-electron chi connectivity index (χ0n) is 19.1. The molecule has 4 aromatic rings. The van der Waals surface area contributed by atoms with Crippen LogP contribution in [0.1, 0.15) is 53.1 Å². The van der Waals surface area contributed by atoms with Crippen LogP contribution in [-0.4, -0.2) is 28.3 Å². The van der Waals surface area contributed by atoms with Gasteiger partial charge in [0.1, 0.15) is 5.00 Å². The SMILES string of the molecule is CCOC(=O)c1nn(-c2ccc(C(C)C)cc2)c(=O)c2c(NC(=O)c3cc(Br)ccc3Cl)scc12. The van der Waals surface area contributed by atoms with E-state index in [0.717, 1.165) is 21.6 Å². The van der Waals surface area contributed by atoms with Crippen molar-refractivity contribution in [3.8, 4) is 5.69 Å². The summed E-state index contributed by atoms with van der Waals surface area (Å²) in [6.07, 6.45) is 0. The van der Waals surface area contributed by atoms with Gasteiger partial charge >= 0.3 is 5.97 Å². The summed E-state index contributed by atoms with van der Waals surface area (Å²) < 4.78 is 7.03. The molecule has 35 heavy (non-hydrogen) atoms. The van der Waals surface area contributed by atoms with E-state index in [1.807, 2.05) is 12.1 Å². The van der Waals surface area contributed by atoms with Crippen molar-refractivity contribution in [2.24, 2.45) is 0 Å². The van der Waals surface area contributed by atoms with Crippen LogP contribution >= 0.6 is 38.9 Å². The number of benzene rings is 2. The van der Waals surface area contributed by atoms with E-state index in [1.165, 1.54) is 0 Å². The summed E-state index contributed by atoms with van der Waals surface area (Å²) in [5, 5.41) is 9.75. The number of hydrogen-bond acceptors (Lipinski definition) is 6. The number of carbonyl (C=O) groups excluding carboxylic acids is 2. The Kier molecular flexibility index (Phi) is 7.39. The lowest BCUT2D eigenvalue weighted by atomic mass is 10.0. The summed E-state index contributed by atoms with van der Waals surface area (Å²) in [7, 11) is 0. The molecule has 1 amide bonds. The summed E-state index contributed by atoms with van der Waals surface area (Å²) in [6, 6.07) is 12.3. The van der Waals surface area contributed by atoms with Crippen LogP contribution < -0.4 is 10.9 Å². The molecule has 2 aromatic heterocycles. The van der Waals surface area contributed by atoms with Gasteiger partial charge in [0.05, 0.1) is 28.3 Å². The van der Waals surface area contributed by atoms with Crippen LogP contribution in [0.5, 0.6) is 0 Å². The fourth-order valence-electron chi connectivity index (χ4n) is 3.51. The van der Waals surface area contributed by atoms with Gasteiger partial charge < -0.3 is 10.1 Å². The second-order valence-corrected chi connectivity index (χ2v) is 10.2. The van der Waals surface area contributed by atoms with E-state index in [1.54, 1.807) is 42.6 Å². The lowest BCUT2D eigenvalue weighted by Gasteiger charge is -2.11. The van der Waals surface area contributed by atoms with E-state index < -0.39 is 17.4 Å². The molecule has 0 aliphatic rings. The van der Waals surface area contributed by atoms with Crippen molar-refractivity contribution in [1.29, 1.82) is 0 Å². The third-order valence-electron chi connectivity index (χ3n) is 5.33. The average Bonchev–Trinajstić information content (AvgIpc) is 3.25. The van der Waals surface area contributed by atoms with Crippen LogP contribution in [0.3, 0.4) is 0 Å². The van der Waals surface area contributed by atoms with Crippen molar-refractivity contribution in [2.45, 2.75) is 26.7 Å². The van der Waals surface area contributed by atoms with Gasteiger partial charge in [0.2, 0.25) is 0 Å². The van der Waals surface area contributed by atoms with Crippen molar-refractivity contribution in [2.75, 3.05) is 11.9 Å². The standard InChI is InChI=1S/C25H21BrClN3O4S/c1-4-34-25(33)21-18-12-35-23(28-22(31)17-11-15(26)7-10-19(17)27)20(18)24(32)30(29-21)16-8-5-14(6-9-16)13(2)3/h5-13H,4H2,1-3H3,(H,28,31). The van der Waals surface area contributed by atoms with E-state index in [4.69, 9.17) is 16.3 Å². The summed E-state index contributed by atoms with van der Waals surface area (Å²) in [5.41, 5.74) is 1.36. The van der Waals surface area contributed by atoms with Crippen molar-refractivity contribution in [3.63, 3.8) is 0 Å². The molecule has 0 bridgehead atoms. The first-order chi connectivity index (χ1) is 16.7. The summed E-state index contributed by atoms with van der Waals surface area (Å²) in [4.78, 5) is 39.3. The number of carbonyl (C=O) groups is 2. The van der Waals surface area contributed by atoms with Gasteiger partial charge in [-0.15, -0.1) is 11.3 Å². The maximum absolute atomic E-state index is 13.6. The molecule has 1 N–H and O–H groups in total. The fraction of sp³-hybridized carbons (Fsp3) is 0.200. The van der Waals surface area contributed by atoms with Crippen molar-refractivity contribution in [1.82, 2.24) is 9.78 Å². The zero-order valence-corrected chi connectivity index (χ0v) is 22.3. The highest BCUT2D eigenvalue weighted by Gasteiger charge is 2.24. The molecule has 10 heteroatoms. The number of amides is 1. The lowest BCUT2D eigenvalue weighted by Crippen LogP contribution is -2.25. The van der Waals surface area contributed by atoms with Crippen LogP contribution in [0.4, 0.5) is 5.00 Å². The van der Waals surface area contributed by atoms with Crippen LogP contribution in [0.2, 0.25) is 5.02 Å². The van der Waals surface area contributed by atoms with Gasteiger partial charge in [-0.2, -0.15) is 9.78 Å². The number of fused-ring (bicyclic) bond motifs is 1. The first kappa shape index (κ1) is 25.1. The number of rotatable bonds is 6. The van der Waals surface area contributed by atoms with E-state index in [-0.39, 0.29) is 33.3 Å². The van der Waals surface area contributed by atoms with E-state index >= 15 is 0 Å². The number of halogens is 2. The molecule has 0 radical (unpaired) electrons. The molecule has 2 heterocycles. The Hall–Kier alpha value is -3.01. The first-order valence-corrected chi connectivity index (χ1v) is 12.8. The van der Waals surface area contributed by atoms with E-state index in [9.17, 15) is 14.4 Å². The second kappa shape index (κ2) is 10.3. The number of nitrogens with zero attached hydrogens (tertiary/aromatic N) is 2. The predicted molar refractivity (Wildman–Crippen MR) is 142 cm³/mol. The number of ether oxygens (including phenoxy) is 1. The molecule has 0 aliphatic heterocycles. The number of esters is 1. The largest absolute Gasteiger partial charge is 0.461 e. The molecule has 0 aliphatic carbocycles. The van der Waals surface area contributed by atoms with Gasteiger partial charge in [0.25, 0.3) is 11.5 Å². The number of nitrogens with one attached hydrogen (secondary N) is 1. The molecule has 0 atom stereocenters. The van der Waals surface area contributed by atoms with Crippen molar-refractivity contribution < 1.29 is 14.3 Å². The van der Waals surface area contributed by atoms with Gasteiger partial charge in [0.15, 0.2) is 5.69 Å². The molecule has 0 saturated carbocycles. The summed E-state index contributed by atoms with van der Waals surface area (Å²) >= 11 is 10.7. The maximum atomic E-state index is 13.6. The highest BCUT2D eigenvalue weighted by atomic mass is 79.9. The number of thiophene rings is 1. The Labute approximate surface area is 218 Å². The Morgan fingerprint density at radius 1 is 1.20 bits per heavy atom. The Morgan fingerprint density at radius 3 is 2.57 bits per heavy atom. The molecular weight excluding hydrogens is 554 g/mol. The predicted octanol–water partition coefficient (Wildman–Crippen LogP) is 6.42. The molecular formula is C25H21BrClN3O4S. The monoisotopic (exact) mass is 573 g/mol. The van der Waals surface area contributed by atoms with Crippen molar-refractivity contribution in [3.05, 3.63) is 84.5 Å². The lowest BCUT2D eigenvalue weighted by molar-refractivity contribution is 0.0520. The molecule has 180 valence electrons. The third kappa shape index (κ3) is 5.03. The number of aromatic nitrogens is 2. The van der Waals surface area contributed by atoms with Crippen LogP contribution in [0.15, 0.2) is 57.1 Å². The van der Waals surface area contributed by atoms with E-state index in [0.29, 0.717) is 21.5 Å². The fourth-order valence-corrected chi connectivity index (χ4v) is 5.01. The molecule has 2 aromatic carbocycles. The van der Waals surface area contributed by atoms with Gasteiger partial charge in [-0.05, 0) is 48.7 Å². The Balaban J connectivity index is 1.87. The molecule has 0 unspecified atom stereocenters. The second-order valence-electron chi connectivity index (χ2n) is 7.96.